The van der Waals surface area contributed by atoms with Gasteiger partial charge < -0.3 is 42.6 Å². The van der Waals surface area contributed by atoms with Crippen LogP contribution in [0.15, 0.2) is 164 Å². The molecule has 0 saturated heterocycles. The number of esters is 3. The highest BCUT2D eigenvalue weighted by Crippen LogP contribution is 2.40. The fourth-order valence-corrected chi connectivity index (χ4v) is 7.45. The Morgan fingerprint density at radius 1 is 0.500 bits per heavy atom. The van der Waals surface area contributed by atoms with Crippen molar-refractivity contribution >= 4 is 24.1 Å². The molecule has 1 atom stereocenters. The average Bonchev–Trinajstić information content (AvgIpc) is 3.40. The molecular formula is C63H74O13. The summed E-state index contributed by atoms with van der Waals surface area (Å²) in [5, 5.41) is 0. The van der Waals surface area contributed by atoms with E-state index in [-0.39, 0.29) is 30.4 Å². The van der Waals surface area contributed by atoms with E-state index in [1.165, 1.54) is 26.7 Å². The van der Waals surface area contributed by atoms with Crippen molar-refractivity contribution < 1.29 is 61.8 Å². The average molecular weight is 1040 g/mol. The third-order valence-electron chi connectivity index (χ3n) is 12.0. The monoisotopic (exact) mass is 1040 g/mol. The van der Waals surface area contributed by atoms with Crippen LogP contribution < -0.4 is 23.7 Å². The molecule has 0 fully saturated rings. The molecule has 0 bridgehead atoms. The lowest BCUT2D eigenvalue weighted by molar-refractivity contribution is -0.149. The van der Waals surface area contributed by atoms with Crippen LogP contribution in [0.2, 0.25) is 0 Å². The van der Waals surface area contributed by atoms with Crippen molar-refractivity contribution in [1.29, 1.82) is 0 Å². The predicted octanol–water partition coefficient (Wildman–Crippen LogP) is 13.5. The summed E-state index contributed by atoms with van der Waals surface area (Å²) in [5.74, 6) is 1.81. The molecule has 6 aromatic carbocycles. The van der Waals surface area contributed by atoms with Crippen molar-refractivity contribution in [3.63, 3.8) is 0 Å². The predicted molar refractivity (Wildman–Crippen MR) is 297 cm³/mol. The molecule has 6 aromatic rings. The number of aryl methyl sites for hydroxylation is 2. The van der Waals surface area contributed by atoms with Gasteiger partial charge in [0.15, 0.2) is 13.6 Å². The van der Waals surface area contributed by atoms with E-state index in [4.69, 9.17) is 23.7 Å². The summed E-state index contributed by atoms with van der Waals surface area (Å²) < 4.78 is 44.7. The minimum absolute atomic E-state index is 0.00824. The first-order chi connectivity index (χ1) is 35.9. The molecule has 0 heterocycles. The Kier molecular flexibility index (Phi) is 24.4. The molecule has 76 heavy (non-hydrogen) atoms. The molecule has 0 aromatic heterocycles. The van der Waals surface area contributed by atoms with Gasteiger partial charge in [-0.15, -0.1) is 0 Å². The summed E-state index contributed by atoms with van der Waals surface area (Å²) in [6, 6.07) is 45.3. The van der Waals surface area contributed by atoms with Gasteiger partial charge in [-0.05, 0) is 126 Å². The van der Waals surface area contributed by atoms with Gasteiger partial charge >= 0.3 is 24.1 Å². The fraction of sp³-hybridized carbons (Fsp3) is 0.302. The van der Waals surface area contributed by atoms with Crippen LogP contribution in [-0.4, -0.2) is 66.1 Å². The van der Waals surface area contributed by atoms with E-state index in [0.717, 1.165) is 56.5 Å². The third-order valence-corrected chi connectivity index (χ3v) is 12.0. The Labute approximate surface area is 449 Å². The lowest BCUT2D eigenvalue weighted by Gasteiger charge is -2.32. The van der Waals surface area contributed by atoms with Crippen LogP contribution in [0.25, 0.3) is 0 Å². The lowest BCUT2D eigenvalue weighted by Crippen LogP contribution is -2.25. The van der Waals surface area contributed by atoms with E-state index in [1.54, 1.807) is 45.4 Å². The fourth-order valence-electron chi connectivity index (χ4n) is 7.45. The second-order valence-electron chi connectivity index (χ2n) is 19.0. The van der Waals surface area contributed by atoms with Gasteiger partial charge in [-0.3, -0.25) is 4.79 Å². The molecule has 404 valence electrons. The molecule has 6 rings (SSSR count). The smallest absolute Gasteiger partial charge is 0.497 e. The molecule has 0 spiro atoms. The summed E-state index contributed by atoms with van der Waals surface area (Å²) in [5.41, 5.74) is 8.37. The van der Waals surface area contributed by atoms with E-state index in [0.29, 0.717) is 22.8 Å². The van der Waals surface area contributed by atoms with E-state index in [9.17, 15) is 19.2 Å². The number of rotatable bonds is 16. The van der Waals surface area contributed by atoms with Gasteiger partial charge in [0.1, 0.15) is 28.7 Å². The lowest BCUT2D eigenvalue weighted by atomic mass is 9.71. The molecular weight excluding hydrogens is 965 g/mol. The van der Waals surface area contributed by atoms with Crippen LogP contribution in [-0.2, 0) is 49.6 Å². The van der Waals surface area contributed by atoms with Gasteiger partial charge in [0.05, 0.1) is 14.2 Å². The Bertz CT molecular complexity index is 2830. The van der Waals surface area contributed by atoms with Crippen LogP contribution in [0.4, 0.5) is 4.79 Å². The summed E-state index contributed by atoms with van der Waals surface area (Å²) in [4.78, 5) is 44.9. The highest BCUT2D eigenvalue weighted by atomic mass is 16.7. The number of carbonyl (C=O) groups excluding carboxylic acids is 4. The van der Waals surface area contributed by atoms with Crippen LogP contribution >= 0.6 is 0 Å². The second kappa shape index (κ2) is 29.8. The first-order valence-corrected chi connectivity index (χ1v) is 24.3. The van der Waals surface area contributed by atoms with Gasteiger partial charge in [-0.1, -0.05) is 139 Å². The molecule has 13 heteroatoms. The molecule has 0 aliphatic carbocycles. The van der Waals surface area contributed by atoms with Crippen LogP contribution in [0.3, 0.4) is 0 Å². The molecule has 0 N–H and O–H groups in total. The third kappa shape index (κ3) is 18.7. The van der Waals surface area contributed by atoms with Gasteiger partial charge in [0.2, 0.25) is 0 Å². The number of methoxy groups -OCH3 is 4. The van der Waals surface area contributed by atoms with Gasteiger partial charge in [0, 0.05) is 43.6 Å². The number of ether oxygens (including phenoxy) is 9. The normalized spacial score (nSPS) is 11.4. The maximum Gasteiger partial charge on any atom is 0.519 e. The van der Waals surface area contributed by atoms with Crippen molar-refractivity contribution in [2.75, 3.05) is 42.0 Å². The van der Waals surface area contributed by atoms with Crippen molar-refractivity contribution in [3.8, 4) is 28.7 Å². The van der Waals surface area contributed by atoms with E-state index in [2.05, 4.69) is 110 Å². The first kappa shape index (κ1) is 62.3. The highest BCUT2D eigenvalue weighted by Gasteiger charge is 2.31. The number of carbonyl (C=O) groups is 4. The van der Waals surface area contributed by atoms with Crippen LogP contribution in [0, 0.1) is 13.8 Å². The van der Waals surface area contributed by atoms with Crippen molar-refractivity contribution in [1.82, 2.24) is 0 Å². The van der Waals surface area contributed by atoms with Crippen LogP contribution in [0.5, 0.6) is 28.7 Å². The number of hydrogen-bond acceptors (Lipinski definition) is 13. The topological polar surface area (TPSA) is 151 Å². The Balaban J connectivity index is 0.000000423. The van der Waals surface area contributed by atoms with Crippen molar-refractivity contribution in [2.45, 2.75) is 85.5 Å². The molecule has 0 aliphatic heterocycles. The quantitative estimate of drug-likeness (QED) is 0.0226. The SMILES string of the molecule is C=C(C)C(=O)OCOC.C=CC(=O)OCOC.COc1ccc(C(C)(C)C)cc1.COc1ccc(C(C)(C)c2ccc(OC(=O)Oc3ccc(C(C)(c4ccccc4)c4ccc(OC(C)=O)cc4)cc3)c(C)c2)cc1C. The standard InChI is InChI=1S/C41H40O6.C11H16O.C6H10O3.C5H8O3/c1-27-25-33(17-23-37(27)44-7)40(4,5)34-18-24-38(28(2)26-34)47-39(43)46-36-21-15-32(16-22-36)41(6,30-11-9-8-10-12-30)31-13-19-35(20-14-31)45-29(3)42;1-11(2,3)9-5-7-10(12-4)8-6-9;1-5(2)6(7)9-4-8-3;1-3-5(6)8-4-7-2/h8-26H,1-7H3;5-8H,1-4H3;1,4H2,2-3H3;3H,1,4H2,2H3. The van der Waals surface area contributed by atoms with E-state index in [1.807, 2.05) is 92.7 Å². The van der Waals surface area contributed by atoms with E-state index < -0.39 is 23.5 Å². The Hall–Kier alpha value is -8.00. The summed E-state index contributed by atoms with van der Waals surface area (Å²) in [6.45, 7) is 26.5. The molecule has 0 amide bonds. The van der Waals surface area contributed by atoms with Gasteiger partial charge in [0.25, 0.3) is 0 Å². The van der Waals surface area contributed by atoms with Crippen LogP contribution in [0.1, 0.15) is 99.9 Å². The number of hydrogen-bond donors (Lipinski definition) is 0. The van der Waals surface area contributed by atoms with Gasteiger partial charge in [-0.2, -0.15) is 0 Å². The zero-order valence-corrected chi connectivity index (χ0v) is 46.5. The summed E-state index contributed by atoms with van der Waals surface area (Å²) in [6.07, 6.45) is 0.268. The largest absolute Gasteiger partial charge is 0.519 e. The Morgan fingerprint density at radius 2 is 0.934 bits per heavy atom. The van der Waals surface area contributed by atoms with Crippen molar-refractivity contribution in [2.24, 2.45) is 0 Å². The zero-order chi connectivity index (χ0) is 56.6. The van der Waals surface area contributed by atoms with Crippen molar-refractivity contribution in [3.05, 3.63) is 209 Å². The Morgan fingerprint density at radius 3 is 1.36 bits per heavy atom. The second-order valence-corrected chi connectivity index (χ2v) is 19.0. The highest BCUT2D eigenvalue weighted by molar-refractivity contribution is 5.86. The van der Waals surface area contributed by atoms with E-state index >= 15 is 0 Å². The minimum atomic E-state index is -0.814. The van der Waals surface area contributed by atoms with Gasteiger partial charge in [-0.25, -0.2) is 14.4 Å². The summed E-state index contributed by atoms with van der Waals surface area (Å²) in [7, 11) is 6.25. The summed E-state index contributed by atoms with van der Waals surface area (Å²) >= 11 is 0. The molecule has 0 aliphatic rings. The zero-order valence-electron chi connectivity index (χ0n) is 46.5. The molecule has 0 saturated carbocycles. The molecule has 0 radical (unpaired) electrons. The molecule has 13 nitrogen and oxygen atoms in total. The molecule has 1 unspecified atom stereocenters. The maximum absolute atomic E-state index is 12.9. The number of benzene rings is 6. The maximum atomic E-state index is 12.9. The minimum Gasteiger partial charge on any atom is -0.497 e. The first-order valence-electron chi connectivity index (χ1n) is 24.3.